The second-order valence-electron chi connectivity index (χ2n) is 9.83. The molecule has 3 atom stereocenters. The topological polar surface area (TPSA) is 58.4 Å². The van der Waals surface area contributed by atoms with E-state index in [4.69, 9.17) is 0 Å². The average Bonchev–Trinajstić information content (AvgIpc) is 2.85. The Morgan fingerprint density at radius 1 is 1.11 bits per heavy atom. The van der Waals surface area contributed by atoms with Gasteiger partial charge in [-0.15, -0.1) is 11.8 Å². The summed E-state index contributed by atoms with van der Waals surface area (Å²) in [5.41, 5.74) is -0.884. The molecule has 3 heterocycles. The Morgan fingerprint density at radius 3 is 2.32 bits per heavy atom. The van der Waals surface area contributed by atoms with E-state index in [2.05, 4.69) is 11.6 Å². The van der Waals surface area contributed by atoms with Crippen LogP contribution in [0.15, 0.2) is 52.7 Å². The Kier molecular flexibility index (Phi) is 6.53. The first-order chi connectivity index (χ1) is 17.9. The number of amides is 1. The molecular formula is C27H26F4N4O2S. The Morgan fingerprint density at radius 2 is 1.74 bits per heavy atom. The van der Waals surface area contributed by atoms with Crippen LogP contribution in [0.3, 0.4) is 0 Å². The fourth-order valence-corrected chi connectivity index (χ4v) is 6.86. The predicted molar refractivity (Wildman–Crippen MR) is 140 cm³/mol. The second-order valence-corrected chi connectivity index (χ2v) is 10.9. The van der Waals surface area contributed by atoms with Crippen LogP contribution in [0.25, 0.3) is 22.0 Å². The van der Waals surface area contributed by atoms with Gasteiger partial charge >= 0.3 is 11.9 Å². The van der Waals surface area contributed by atoms with Crippen LogP contribution in [0.4, 0.5) is 23.4 Å². The minimum Gasteiger partial charge on any atom is -0.352 e. The van der Waals surface area contributed by atoms with E-state index < -0.39 is 23.2 Å². The van der Waals surface area contributed by atoms with Crippen LogP contribution in [0.5, 0.6) is 0 Å². The fraction of sp³-hybridized carbons (Fsp3) is 0.370. The number of benzene rings is 2. The summed E-state index contributed by atoms with van der Waals surface area (Å²) < 4.78 is 58.8. The molecule has 2 aromatic carbocycles. The predicted octanol–water partition coefficient (Wildman–Crippen LogP) is 5.50. The molecule has 1 amide bonds. The first-order valence-electron chi connectivity index (χ1n) is 12.2. The summed E-state index contributed by atoms with van der Waals surface area (Å²) >= 11 is 1.25. The third-order valence-electron chi connectivity index (χ3n) is 7.14. The van der Waals surface area contributed by atoms with E-state index in [0.717, 1.165) is 18.2 Å². The summed E-state index contributed by atoms with van der Waals surface area (Å²) in [5.74, 6) is -0.242. The Labute approximate surface area is 220 Å². The molecule has 0 radical (unpaired) electrons. The SMILES string of the molecule is C=CC(=O)N1[C@H](C)CN(c2nc(=O)n3c4c(c(-c5ccc(F)cc5)c(C(F)(F)F)cc24)SC[C@@H]3C)C[C@@H]1C. The van der Waals surface area contributed by atoms with Crippen molar-refractivity contribution in [2.45, 2.75) is 50.0 Å². The number of hydrogen-bond donors (Lipinski definition) is 0. The number of piperazine rings is 1. The van der Waals surface area contributed by atoms with Crippen LogP contribution in [0.1, 0.15) is 32.4 Å². The van der Waals surface area contributed by atoms with Crippen LogP contribution < -0.4 is 10.6 Å². The normalized spacial score (nSPS) is 21.6. The van der Waals surface area contributed by atoms with Crippen LogP contribution in [-0.4, -0.2) is 51.3 Å². The van der Waals surface area contributed by atoms with Gasteiger partial charge in [0.25, 0.3) is 0 Å². The molecule has 6 nitrogen and oxygen atoms in total. The van der Waals surface area contributed by atoms with Gasteiger partial charge in [0.2, 0.25) is 5.91 Å². The molecule has 11 heteroatoms. The summed E-state index contributed by atoms with van der Waals surface area (Å²) in [6.45, 7) is 9.64. The van der Waals surface area contributed by atoms with E-state index in [0.29, 0.717) is 16.2 Å². The molecule has 0 N–H and O–H groups in total. The first kappa shape index (κ1) is 26.3. The molecule has 5 rings (SSSR count). The van der Waals surface area contributed by atoms with E-state index in [1.165, 1.54) is 34.5 Å². The van der Waals surface area contributed by atoms with E-state index in [-0.39, 0.29) is 59.5 Å². The Hall–Kier alpha value is -3.34. The van der Waals surface area contributed by atoms with Gasteiger partial charge in [0.1, 0.15) is 11.6 Å². The molecule has 2 aliphatic heterocycles. The van der Waals surface area contributed by atoms with E-state index in [9.17, 15) is 27.2 Å². The van der Waals surface area contributed by atoms with Gasteiger partial charge in [-0.3, -0.25) is 9.36 Å². The lowest BCUT2D eigenvalue weighted by atomic mass is 9.95. The molecule has 0 spiro atoms. The summed E-state index contributed by atoms with van der Waals surface area (Å²) in [6, 6.07) is 5.09. The van der Waals surface area contributed by atoms with Gasteiger partial charge in [0.15, 0.2) is 0 Å². The molecule has 0 unspecified atom stereocenters. The van der Waals surface area contributed by atoms with E-state index in [1.54, 1.807) is 9.80 Å². The van der Waals surface area contributed by atoms with Crippen molar-refractivity contribution in [3.05, 3.63) is 64.9 Å². The number of thioether (sulfide) groups is 1. The van der Waals surface area contributed by atoms with Crippen molar-refractivity contribution in [1.29, 1.82) is 0 Å². The van der Waals surface area contributed by atoms with Gasteiger partial charge in [0, 0.05) is 52.8 Å². The average molecular weight is 547 g/mol. The van der Waals surface area contributed by atoms with Crippen molar-refractivity contribution in [1.82, 2.24) is 14.5 Å². The van der Waals surface area contributed by atoms with Gasteiger partial charge in [-0.2, -0.15) is 18.2 Å². The highest BCUT2D eigenvalue weighted by Crippen LogP contribution is 2.49. The summed E-state index contributed by atoms with van der Waals surface area (Å²) in [4.78, 5) is 33.8. The smallest absolute Gasteiger partial charge is 0.352 e. The number of carbonyl (C=O) groups is 1. The van der Waals surface area contributed by atoms with Crippen molar-refractivity contribution in [2.24, 2.45) is 0 Å². The van der Waals surface area contributed by atoms with Crippen LogP contribution in [-0.2, 0) is 11.0 Å². The first-order valence-corrected chi connectivity index (χ1v) is 13.2. The maximum atomic E-state index is 14.6. The highest BCUT2D eigenvalue weighted by atomic mass is 32.2. The third-order valence-corrected chi connectivity index (χ3v) is 8.48. The van der Waals surface area contributed by atoms with Gasteiger partial charge in [-0.25, -0.2) is 9.18 Å². The Balaban J connectivity index is 1.80. The molecule has 2 aliphatic rings. The molecular weight excluding hydrogens is 520 g/mol. The van der Waals surface area contributed by atoms with Crippen LogP contribution >= 0.6 is 11.8 Å². The van der Waals surface area contributed by atoms with Crippen LogP contribution in [0.2, 0.25) is 0 Å². The highest BCUT2D eigenvalue weighted by molar-refractivity contribution is 7.99. The lowest BCUT2D eigenvalue weighted by Gasteiger charge is -2.45. The number of hydrogen-bond acceptors (Lipinski definition) is 5. The standard InChI is InChI=1S/C27H26F4N4O2S/c1-5-21(36)34-14(2)11-33(12-15(34)3)25-19-10-20(27(29,30)31)22(17-6-8-18(28)9-7-17)24-23(19)35(26(37)32-25)16(4)13-38-24/h5-10,14-16H,1,11-13H2,2-4H3/t14-,15+,16-/m0/s1. The number of anilines is 1. The molecule has 1 saturated heterocycles. The molecule has 200 valence electrons. The number of rotatable bonds is 3. The molecule has 38 heavy (non-hydrogen) atoms. The monoisotopic (exact) mass is 546 g/mol. The number of aromatic nitrogens is 2. The zero-order valence-electron chi connectivity index (χ0n) is 21.1. The van der Waals surface area contributed by atoms with E-state index >= 15 is 0 Å². The maximum absolute atomic E-state index is 14.6. The van der Waals surface area contributed by atoms with Gasteiger partial charge in [0.05, 0.1) is 11.1 Å². The number of nitrogens with zero attached hydrogens (tertiary/aromatic N) is 4. The minimum absolute atomic E-state index is 0.0738. The van der Waals surface area contributed by atoms with E-state index in [1.807, 2.05) is 20.8 Å². The minimum atomic E-state index is -4.72. The largest absolute Gasteiger partial charge is 0.417 e. The number of halogens is 4. The zero-order valence-corrected chi connectivity index (χ0v) is 21.9. The summed E-state index contributed by atoms with van der Waals surface area (Å²) in [6.07, 6.45) is -3.48. The molecule has 0 bridgehead atoms. The summed E-state index contributed by atoms with van der Waals surface area (Å²) in [5, 5.41) is 0.222. The van der Waals surface area contributed by atoms with Crippen molar-refractivity contribution in [2.75, 3.05) is 23.7 Å². The number of carbonyl (C=O) groups excluding carboxylic acids is 1. The third kappa shape index (κ3) is 4.26. The highest BCUT2D eigenvalue weighted by Gasteiger charge is 2.40. The van der Waals surface area contributed by atoms with Gasteiger partial charge in [-0.05, 0) is 50.6 Å². The van der Waals surface area contributed by atoms with Crippen molar-refractivity contribution in [3.8, 4) is 11.1 Å². The van der Waals surface area contributed by atoms with Crippen molar-refractivity contribution in [3.63, 3.8) is 0 Å². The quantitative estimate of drug-likeness (QED) is 0.321. The van der Waals surface area contributed by atoms with Crippen LogP contribution in [0, 0.1) is 5.82 Å². The zero-order chi connectivity index (χ0) is 27.5. The van der Waals surface area contributed by atoms with Crippen molar-refractivity contribution < 1.29 is 22.4 Å². The molecule has 0 saturated carbocycles. The lowest BCUT2D eigenvalue weighted by Crippen LogP contribution is -2.58. The fourth-order valence-electron chi connectivity index (χ4n) is 5.59. The second kappa shape index (κ2) is 9.44. The molecule has 3 aromatic rings. The summed E-state index contributed by atoms with van der Waals surface area (Å²) in [7, 11) is 0. The lowest BCUT2D eigenvalue weighted by molar-refractivity contribution is -0.137. The Bertz CT molecular complexity index is 1490. The molecule has 1 fully saturated rings. The van der Waals surface area contributed by atoms with Crippen molar-refractivity contribution >= 4 is 34.4 Å². The molecule has 1 aromatic heterocycles. The number of alkyl halides is 3. The molecule has 0 aliphatic carbocycles. The van der Waals surface area contributed by atoms with Gasteiger partial charge in [-0.1, -0.05) is 18.7 Å². The van der Waals surface area contributed by atoms with Gasteiger partial charge < -0.3 is 9.80 Å². The maximum Gasteiger partial charge on any atom is 0.417 e.